The highest BCUT2D eigenvalue weighted by Gasteiger charge is 2.28. The number of carbonyl (C=O) groups excluding carboxylic acids is 1. The Morgan fingerprint density at radius 1 is 1.00 bits per heavy atom. The van der Waals surface area contributed by atoms with Gasteiger partial charge in [-0.25, -0.2) is 0 Å². The summed E-state index contributed by atoms with van der Waals surface area (Å²) in [6, 6.07) is 0. The van der Waals surface area contributed by atoms with Crippen molar-refractivity contribution in [2.45, 2.75) is 109 Å². The number of esters is 1. The van der Waals surface area contributed by atoms with Crippen molar-refractivity contribution in [2.24, 2.45) is 0 Å². The lowest BCUT2D eigenvalue weighted by molar-refractivity contribution is -0.140. The van der Waals surface area contributed by atoms with Crippen molar-refractivity contribution in [2.75, 3.05) is 7.11 Å². The summed E-state index contributed by atoms with van der Waals surface area (Å²) < 4.78 is 4.65. The van der Waals surface area contributed by atoms with Crippen molar-refractivity contribution in [3.05, 3.63) is 12.2 Å². The quantitative estimate of drug-likeness (QED) is 0.148. The zero-order chi connectivity index (χ0) is 19.0. The number of allylic oxidation sites excluding steroid dienone is 2. The average Bonchev–Trinajstić information content (AvgIpc) is 2.56. The molecule has 0 aliphatic heterocycles. The molecule has 0 aromatic heterocycles. The summed E-state index contributed by atoms with van der Waals surface area (Å²) in [7, 11) is -0.613. The van der Waals surface area contributed by atoms with Gasteiger partial charge in [0, 0.05) is 6.42 Å². The third-order valence-electron chi connectivity index (χ3n) is 4.97. The van der Waals surface area contributed by atoms with Crippen LogP contribution in [0.5, 0.6) is 0 Å². The van der Waals surface area contributed by atoms with Gasteiger partial charge in [-0.15, -0.1) is 0 Å². The molecule has 1 unspecified atom stereocenters. The molecule has 0 radical (unpaired) electrons. The highest BCUT2D eigenvalue weighted by atomic mass is 28.4. The molecule has 0 saturated carbocycles. The van der Waals surface area contributed by atoms with E-state index in [1.165, 1.54) is 58.5 Å². The van der Waals surface area contributed by atoms with Crippen molar-refractivity contribution < 1.29 is 14.3 Å². The van der Waals surface area contributed by atoms with Crippen molar-refractivity contribution in [3.8, 4) is 0 Å². The van der Waals surface area contributed by atoms with Crippen LogP contribution in [0, 0.1) is 0 Å². The fraction of sp³-hybridized carbons (Fsp3) is 0.857. The summed E-state index contributed by atoms with van der Waals surface area (Å²) in [4.78, 5) is 21.6. The van der Waals surface area contributed by atoms with Gasteiger partial charge in [-0.05, 0) is 44.3 Å². The first kappa shape index (κ1) is 24.4. The van der Waals surface area contributed by atoms with Crippen molar-refractivity contribution in [1.82, 2.24) is 0 Å². The Balaban J connectivity index is 3.81. The van der Waals surface area contributed by atoms with E-state index in [0.717, 1.165) is 25.7 Å². The molecule has 1 atom stereocenters. The lowest BCUT2D eigenvalue weighted by Crippen LogP contribution is -2.32. The Morgan fingerprint density at radius 2 is 1.64 bits per heavy atom. The Labute approximate surface area is 157 Å². The first-order chi connectivity index (χ1) is 11.9. The molecule has 0 aromatic carbocycles. The molecule has 0 saturated heterocycles. The Kier molecular flexibility index (Phi) is 15.2. The maximum absolute atomic E-state index is 11.0. The topological polar surface area (TPSA) is 46.5 Å². The predicted octanol–water partition coefficient (Wildman–Crippen LogP) is 6.37. The molecule has 0 fully saturated rings. The fourth-order valence-corrected chi connectivity index (χ4v) is 4.74. The highest BCUT2D eigenvalue weighted by molar-refractivity contribution is 6.71. The Morgan fingerprint density at radius 3 is 2.24 bits per heavy atom. The van der Waals surface area contributed by atoms with Crippen LogP contribution in [-0.2, 0) is 9.53 Å². The van der Waals surface area contributed by atoms with Gasteiger partial charge in [0.2, 0.25) is 0 Å². The summed E-state index contributed by atoms with van der Waals surface area (Å²) in [6.07, 6.45) is 19.3. The molecule has 4 heteroatoms. The third kappa shape index (κ3) is 15.4. The summed E-state index contributed by atoms with van der Waals surface area (Å²) in [6.45, 7) is 6.39. The normalized spacial score (nSPS) is 13.3. The van der Waals surface area contributed by atoms with Crippen molar-refractivity contribution in [3.63, 3.8) is 0 Å². The molecular formula is C21H42O3Si. The lowest BCUT2D eigenvalue weighted by atomic mass is 10.1. The number of ether oxygens (including phenoxy) is 1. The van der Waals surface area contributed by atoms with Crippen LogP contribution >= 0.6 is 0 Å². The standard InChI is InChI=1S/C21H42O3Si/c1-5-6-7-8-11-14-17-20(25(3,4)23)18-15-12-9-10-13-16-19-21(22)24-2/h11,14,20,23H,5-10,12-13,15-19H2,1-4H3. The molecular weight excluding hydrogens is 328 g/mol. The van der Waals surface area contributed by atoms with Crippen molar-refractivity contribution >= 4 is 14.3 Å². The highest BCUT2D eigenvalue weighted by Crippen LogP contribution is 2.30. The molecule has 0 spiro atoms. The zero-order valence-electron chi connectivity index (χ0n) is 17.2. The van der Waals surface area contributed by atoms with E-state index in [0.29, 0.717) is 12.0 Å². The van der Waals surface area contributed by atoms with Gasteiger partial charge in [-0.2, -0.15) is 0 Å². The van der Waals surface area contributed by atoms with Crippen LogP contribution in [0.15, 0.2) is 12.2 Å². The molecule has 0 amide bonds. The van der Waals surface area contributed by atoms with E-state index in [1.54, 1.807) is 0 Å². The molecule has 3 nitrogen and oxygen atoms in total. The van der Waals surface area contributed by atoms with Gasteiger partial charge >= 0.3 is 5.97 Å². The van der Waals surface area contributed by atoms with Crippen LogP contribution in [0.2, 0.25) is 18.6 Å². The molecule has 148 valence electrons. The summed E-state index contributed by atoms with van der Waals surface area (Å²) in [5.41, 5.74) is 0.481. The summed E-state index contributed by atoms with van der Waals surface area (Å²) in [5.74, 6) is -0.0965. The van der Waals surface area contributed by atoms with Gasteiger partial charge in [-0.1, -0.05) is 70.4 Å². The van der Waals surface area contributed by atoms with Gasteiger partial charge in [0.25, 0.3) is 0 Å². The van der Waals surface area contributed by atoms with Crippen LogP contribution in [0.1, 0.15) is 90.4 Å². The molecule has 0 rings (SSSR count). The fourth-order valence-electron chi connectivity index (χ4n) is 3.12. The second-order valence-corrected chi connectivity index (χ2v) is 11.9. The number of carbonyl (C=O) groups is 1. The number of hydrogen-bond acceptors (Lipinski definition) is 3. The molecule has 0 heterocycles. The number of hydrogen-bond donors (Lipinski definition) is 1. The molecule has 0 aromatic rings. The summed E-state index contributed by atoms with van der Waals surface area (Å²) in [5, 5.41) is 0. The van der Waals surface area contributed by atoms with Crippen LogP contribution in [0.3, 0.4) is 0 Å². The first-order valence-corrected chi connectivity index (χ1v) is 13.4. The average molecular weight is 371 g/mol. The minimum absolute atomic E-state index is 0.0965. The Hall–Kier alpha value is -0.613. The minimum Gasteiger partial charge on any atom is -0.469 e. The predicted molar refractivity (Wildman–Crippen MR) is 110 cm³/mol. The van der Waals surface area contributed by atoms with Crippen LogP contribution in [0.4, 0.5) is 0 Å². The van der Waals surface area contributed by atoms with E-state index in [-0.39, 0.29) is 5.97 Å². The van der Waals surface area contributed by atoms with E-state index in [4.69, 9.17) is 0 Å². The maximum Gasteiger partial charge on any atom is 0.305 e. The van der Waals surface area contributed by atoms with Crippen LogP contribution in [0.25, 0.3) is 0 Å². The van der Waals surface area contributed by atoms with Crippen LogP contribution < -0.4 is 0 Å². The molecule has 0 aliphatic rings. The van der Waals surface area contributed by atoms with Gasteiger partial charge < -0.3 is 9.53 Å². The van der Waals surface area contributed by atoms with Crippen LogP contribution in [-0.4, -0.2) is 26.2 Å². The van der Waals surface area contributed by atoms with Gasteiger partial charge in [0.1, 0.15) is 0 Å². The smallest absolute Gasteiger partial charge is 0.305 e. The number of unbranched alkanes of at least 4 members (excludes halogenated alkanes) is 8. The van der Waals surface area contributed by atoms with Gasteiger partial charge in [0.05, 0.1) is 7.11 Å². The monoisotopic (exact) mass is 370 g/mol. The molecule has 25 heavy (non-hydrogen) atoms. The SMILES string of the molecule is CCCCCC=CCC(CCCCCCCCC(=O)OC)[Si](C)(C)O. The van der Waals surface area contributed by atoms with E-state index < -0.39 is 8.32 Å². The number of rotatable bonds is 16. The Bertz CT molecular complexity index is 348. The second kappa shape index (κ2) is 15.6. The largest absolute Gasteiger partial charge is 0.469 e. The molecule has 1 N–H and O–H groups in total. The second-order valence-electron chi connectivity index (χ2n) is 7.79. The minimum atomic E-state index is -2.06. The van der Waals surface area contributed by atoms with Crippen molar-refractivity contribution in [1.29, 1.82) is 0 Å². The van der Waals surface area contributed by atoms with E-state index >= 15 is 0 Å². The van der Waals surface area contributed by atoms with Gasteiger partial charge in [-0.3, -0.25) is 4.79 Å². The van der Waals surface area contributed by atoms with Gasteiger partial charge in [0.15, 0.2) is 8.32 Å². The molecule has 0 bridgehead atoms. The zero-order valence-corrected chi connectivity index (χ0v) is 18.2. The molecule has 0 aliphatic carbocycles. The first-order valence-electron chi connectivity index (χ1n) is 10.4. The lowest BCUT2D eigenvalue weighted by Gasteiger charge is -2.26. The van der Waals surface area contributed by atoms with E-state index in [2.05, 4.69) is 36.9 Å². The maximum atomic E-state index is 11.0. The van der Waals surface area contributed by atoms with E-state index in [9.17, 15) is 9.59 Å². The number of methoxy groups -OCH3 is 1. The summed E-state index contributed by atoms with van der Waals surface area (Å²) >= 11 is 0. The third-order valence-corrected chi connectivity index (χ3v) is 7.49. The van der Waals surface area contributed by atoms with E-state index in [1.807, 2.05) is 0 Å².